The van der Waals surface area contributed by atoms with Crippen molar-refractivity contribution < 1.29 is 14.3 Å². The predicted octanol–water partition coefficient (Wildman–Crippen LogP) is 2.30. The van der Waals surface area contributed by atoms with Gasteiger partial charge in [0, 0.05) is 18.7 Å². The molecule has 1 aromatic rings. The SMILES string of the molecule is CC(CC(=O)NCC1(O)CCSC1)c1ccccc1F. The molecule has 3 nitrogen and oxygen atoms in total. The highest BCUT2D eigenvalue weighted by Crippen LogP contribution is 2.27. The molecule has 20 heavy (non-hydrogen) atoms. The molecule has 1 heterocycles. The Morgan fingerprint density at radius 1 is 1.55 bits per heavy atom. The highest BCUT2D eigenvalue weighted by Gasteiger charge is 2.32. The average molecular weight is 297 g/mol. The Balaban J connectivity index is 1.84. The summed E-state index contributed by atoms with van der Waals surface area (Å²) in [5, 5.41) is 12.9. The van der Waals surface area contributed by atoms with Crippen LogP contribution >= 0.6 is 11.8 Å². The molecule has 0 bridgehead atoms. The maximum Gasteiger partial charge on any atom is 0.220 e. The Labute approximate surface area is 123 Å². The third-order valence-corrected chi connectivity index (χ3v) is 4.86. The molecule has 1 aliphatic heterocycles. The number of halogens is 1. The van der Waals surface area contributed by atoms with Gasteiger partial charge in [-0.3, -0.25) is 4.79 Å². The molecule has 2 rings (SSSR count). The standard InChI is InChI=1S/C15H20FNO2S/c1-11(12-4-2-3-5-13(12)16)8-14(18)17-9-15(19)6-7-20-10-15/h2-5,11,19H,6-10H2,1H3,(H,17,18). The average Bonchev–Trinajstić information content (AvgIpc) is 2.84. The van der Waals surface area contributed by atoms with Crippen LogP contribution in [-0.2, 0) is 4.79 Å². The molecule has 1 saturated heterocycles. The fraction of sp³-hybridized carbons (Fsp3) is 0.533. The van der Waals surface area contributed by atoms with Crippen LogP contribution in [0.25, 0.3) is 0 Å². The number of amides is 1. The molecule has 0 aromatic heterocycles. The Morgan fingerprint density at radius 3 is 2.95 bits per heavy atom. The van der Waals surface area contributed by atoms with Crippen LogP contribution in [0, 0.1) is 5.82 Å². The maximum atomic E-state index is 13.6. The van der Waals surface area contributed by atoms with Crippen molar-refractivity contribution in [1.29, 1.82) is 0 Å². The summed E-state index contributed by atoms with van der Waals surface area (Å²) in [6.45, 7) is 2.11. The van der Waals surface area contributed by atoms with Gasteiger partial charge in [0.1, 0.15) is 5.82 Å². The zero-order valence-corrected chi connectivity index (χ0v) is 12.4. The summed E-state index contributed by atoms with van der Waals surface area (Å²) in [6.07, 6.45) is 0.935. The van der Waals surface area contributed by atoms with E-state index < -0.39 is 5.60 Å². The molecule has 2 atom stereocenters. The Hall–Kier alpha value is -1.07. The molecule has 0 saturated carbocycles. The Morgan fingerprint density at radius 2 is 2.30 bits per heavy atom. The van der Waals surface area contributed by atoms with Crippen molar-refractivity contribution in [1.82, 2.24) is 5.32 Å². The van der Waals surface area contributed by atoms with Crippen molar-refractivity contribution in [3.63, 3.8) is 0 Å². The number of carbonyl (C=O) groups excluding carboxylic acids is 1. The van der Waals surface area contributed by atoms with Crippen LogP contribution in [0.15, 0.2) is 24.3 Å². The molecule has 0 aliphatic carbocycles. The highest BCUT2D eigenvalue weighted by molar-refractivity contribution is 7.99. The van der Waals surface area contributed by atoms with Gasteiger partial charge in [0.15, 0.2) is 0 Å². The lowest BCUT2D eigenvalue weighted by molar-refractivity contribution is -0.122. The second kappa shape index (κ2) is 6.59. The van der Waals surface area contributed by atoms with Gasteiger partial charge in [-0.05, 0) is 29.7 Å². The summed E-state index contributed by atoms with van der Waals surface area (Å²) >= 11 is 1.69. The number of hydrogen-bond acceptors (Lipinski definition) is 3. The van der Waals surface area contributed by atoms with Crippen molar-refractivity contribution in [3.8, 4) is 0 Å². The molecule has 2 unspecified atom stereocenters. The molecule has 110 valence electrons. The first-order valence-electron chi connectivity index (χ1n) is 6.81. The van der Waals surface area contributed by atoms with E-state index in [1.807, 2.05) is 6.92 Å². The van der Waals surface area contributed by atoms with Crippen LogP contribution < -0.4 is 5.32 Å². The smallest absolute Gasteiger partial charge is 0.220 e. The lowest BCUT2D eigenvalue weighted by Crippen LogP contribution is -2.43. The summed E-state index contributed by atoms with van der Waals surface area (Å²) in [5.74, 6) is 0.988. The van der Waals surface area contributed by atoms with Crippen molar-refractivity contribution in [2.24, 2.45) is 0 Å². The van der Waals surface area contributed by atoms with E-state index in [1.165, 1.54) is 6.07 Å². The normalized spacial score (nSPS) is 23.6. The lowest BCUT2D eigenvalue weighted by atomic mass is 9.96. The molecule has 1 aromatic carbocycles. The van der Waals surface area contributed by atoms with Crippen molar-refractivity contribution >= 4 is 17.7 Å². The number of aliphatic hydroxyl groups is 1. The first kappa shape index (κ1) is 15.3. The molecule has 2 N–H and O–H groups in total. The van der Waals surface area contributed by atoms with Gasteiger partial charge in [0.2, 0.25) is 5.91 Å². The largest absolute Gasteiger partial charge is 0.387 e. The molecule has 1 aliphatic rings. The Kier molecular flexibility index (Phi) is 5.05. The van der Waals surface area contributed by atoms with Crippen molar-refractivity contribution in [2.45, 2.75) is 31.3 Å². The first-order chi connectivity index (χ1) is 9.50. The van der Waals surface area contributed by atoms with Gasteiger partial charge in [0.25, 0.3) is 0 Å². The van der Waals surface area contributed by atoms with E-state index in [1.54, 1.807) is 30.0 Å². The van der Waals surface area contributed by atoms with E-state index in [4.69, 9.17) is 0 Å². The number of hydrogen-bond donors (Lipinski definition) is 2. The maximum absolute atomic E-state index is 13.6. The van der Waals surface area contributed by atoms with Gasteiger partial charge in [-0.15, -0.1) is 0 Å². The van der Waals surface area contributed by atoms with Crippen LogP contribution in [0.3, 0.4) is 0 Å². The summed E-state index contributed by atoms with van der Waals surface area (Å²) in [4.78, 5) is 11.9. The molecule has 1 amide bonds. The van der Waals surface area contributed by atoms with Gasteiger partial charge in [0.05, 0.1) is 5.60 Å². The third kappa shape index (κ3) is 3.96. The molecule has 5 heteroatoms. The molecule has 0 spiro atoms. The number of carbonyl (C=O) groups is 1. The van der Waals surface area contributed by atoms with Crippen LogP contribution in [0.5, 0.6) is 0 Å². The summed E-state index contributed by atoms with van der Waals surface area (Å²) in [5.41, 5.74) is -0.223. The van der Waals surface area contributed by atoms with E-state index in [9.17, 15) is 14.3 Å². The van der Waals surface area contributed by atoms with E-state index >= 15 is 0 Å². The van der Waals surface area contributed by atoms with E-state index in [0.29, 0.717) is 17.7 Å². The minimum absolute atomic E-state index is 0.147. The predicted molar refractivity (Wildman–Crippen MR) is 79.3 cm³/mol. The second-order valence-corrected chi connectivity index (χ2v) is 6.54. The zero-order chi connectivity index (χ0) is 14.6. The van der Waals surface area contributed by atoms with Gasteiger partial charge < -0.3 is 10.4 Å². The van der Waals surface area contributed by atoms with Crippen LogP contribution in [-0.4, -0.2) is 34.7 Å². The molecule has 0 radical (unpaired) electrons. The zero-order valence-electron chi connectivity index (χ0n) is 11.6. The second-order valence-electron chi connectivity index (χ2n) is 5.43. The fourth-order valence-electron chi connectivity index (χ4n) is 2.33. The summed E-state index contributed by atoms with van der Waals surface area (Å²) < 4.78 is 13.6. The number of thioether (sulfide) groups is 1. The van der Waals surface area contributed by atoms with Crippen LogP contribution in [0.1, 0.15) is 31.2 Å². The molecular weight excluding hydrogens is 277 g/mol. The highest BCUT2D eigenvalue weighted by atomic mass is 32.2. The molecular formula is C15H20FNO2S. The van der Waals surface area contributed by atoms with Crippen molar-refractivity contribution in [3.05, 3.63) is 35.6 Å². The summed E-state index contributed by atoms with van der Waals surface area (Å²) in [6, 6.07) is 6.51. The fourth-order valence-corrected chi connectivity index (χ4v) is 3.63. The third-order valence-electron chi connectivity index (χ3n) is 3.62. The van der Waals surface area contributed by atoms with E-state index in [0.717, 1.165) is 5.75 Å². The number of rotatable bonds is 5. The van der Waals surface area contributed by atoms with Gasteiger partial charge in [-0.2, -0.15) is 11.8 Å². The quantitative estimate of drug-likeness (QED) is 0.877. The first-order valence-corrected chi connectivity index (χ1v) is 7.97. The minimum atomic E-state index is -0.776. The Bertz CT molecular complexity index is 475. The van der Waals surface area contributed by atoms with Crippen molar-refractivity contribution in [2.75, 3.05) is 18.1 Å². The van der Waals surface area contributed by atoms with Gasteiger partial charge >= 0.3 is 0 Å². The summed E-state index contributed by atoms with van der Waals surface area (Å²) in [7, 11) is 0. The van der Waals surface area contributed by atoms with Gasteiger partial charge in [-0.1, -0.05) is 25.1 Å². The van der Waals surface area contributed by atoms with E-state index in [-0.39, 0.29) is 30.6 Å². The van der Waals surface area contributed by atoms with Crippen LogP contribution in [0.4, 0.5) is 4.39 Å². The number of nitrogens with one attached hydrogen (secondary N) is 1. The minimum Gasteiger partial charge on any atom is -0.387 e. The van der Waals surface area contributed by atoms with Gasteiger partial charge in [-0.25, -0.2) is 4.39 Å². The monoisotopic (exact) mass is 297 g/mol. The topological polar surface area (TPSA) is 49.3 Å². The molecule has 1 fully saturated rings. The lowest BCUT2D eigenvalue weighted by Gasteiger charge is -2.22. The number of benzene rings is 1. The van der Waals surface area contributed by atoms with E-state index in [2.05, 4.69) is 5.32 Å². The van der Waals surface area contributed by atoms with Crippen LogP contribution in [0.2, 0.25) is 0 Å².